The van der Waals surface area contributed by atoms with Crippen LogP contribution in [0.4, 0.5) is 0 Å². The first-order valence-electron chi connectivity index (χ1n) is 8.21. The fourth-order valence-corrected chi connectivity index (χ4v) is 4.08. The van der Waals surface area contributed by atoms with Crippen molar-refractivity contribution in [2.45, 2.75) is 12.1 Å². The van der Waals surface area contributed by atoms with Crippen molar-refractivity contribution in [3.63, 3.8) is 0 Å². The lowest BCUT2D eigenvalue weighted by Crippen LogP contribution is -2.43. The fraction of sp³-hybridized carbons (Fsp3) is 0.316. The van der Waals surface area contributed by atoms with Gasteiger partial charge in [-0.15, -0.1) is 0 Å². The van der Waals surface area contributed by atoms with E-state index in [-0.39, 0.29) is 18.8 Å². The summed E-state index contributed by atoms with van der Waals surface area (Å²) in [6, 6.07) is 18.9. The Morgan fingerprint density at radius 3 is 2.76 bits per heavy atom. The highest BCUT2D eigenvalue weighted by atomic mass is 31.2. The SMILES string of the molecule is CP(=O)(OC[C@H]1CN[C@@H](c2cccc(C#N)c2)CO1)c1ccccc1. The van der Waals surface area contributed by atoms with E-state index < -0.39 is 7.37 Å². The molecular formula is C19H21N2O3P. The number of nitrogens with zero attached hydrogens (tertiary/aromatic N) is 1. The predicted octanol–water partition coefficient (Wildman–Crippen LogP) is 2.84. The zero-order valence-corrected chi connectivity index (χ0v) is 15.0. The Kier molecular flexibility index (Phi) is 5.67. The van der Waals surface area contributed by atoms with E-state index in [2.05, 4.69) is 11.4 Å². The van der Waals surface area contributed by atoms with Crippen LogP contribution in [-0.4, -0.2) is 32.5 Å². The molecule has 6 heteroatoms. The summed E-state index contributed by atoms with van der Waals surface area (Å²) in [5.74, 6) is 0. The van der Waals surface area contributed by atoms with Crippen LogP contribution in [0.3, 0.4) is 0 Å². The summed E-state index contributed by atoms with van der Waals surface area (Å²) in [7, 11) is -2.84. The lowest BCUT2D eigenvalue weighted by Gasteiger charge is -2.31. The van der Waals surface area contributed by atoms with E-state index in [0.29, 0.717) is 24.0 Å². The summed E-state index contributed by atoms with van der Waals surface area (Å²) in [4.78, 5) is 0. The minimum atomic E-state index is -2.84. The molecule has 0 aromatic heterocycles. The number of nitrogens with one attached hydrogen (secondary N) is 1. The summed E-state index contributed by atoms with van der Waals surface area (Å²) in [6.07, 6.45) is -0.146. The molecule has 0 amide bonds. The lowest BCUT2D eigenvalue weighted by molar-refractivity contribution is -0.0194. The smallest absolute Gasteiger partial charge is 0.229 e. The second kappa shape index (κ2) is 7.95. The molecule has 1 heterocycles. The molecule has 1 aliphatic heterocycles. The Labute approximate surface area is 148 Å². The maximum absolute atomic E-state index is 12.7. The molecule has 1 fully saturated rings. The van der Waals surface area contributed by atoms with Crippen LogP contribution in [0.25, 0.3) is 0 Å². The summed E-state index contributed by atoms with van der Waals surface area (Å²) < 4.78 is 24.2. The van der Waals surface area contributed by atoms with Gasteiger partial charge in [0.1, 0.15) is 0 Å². The Hall–Kier alpha value is -1.96. The van der Waals surface area contributed by atoms with Gasteiger partial charge in [0.2, 0.25) is 7.37 Å². The average molecular weight is 356 g/mol. The van der Waals surface area contributed by atoms with E-state index in [0.717, 1.165) is 5.56 Å². The molecule has 0 aliphatic carbocycles. The van der Waals surface area contributed by atoms with Crippen molar-refractivity contribution in [1.29, 1.82) is 5.26 Å². The Morgan fingerprint density at radius 1 is 1.28 bits per heavy atom. The van der Waals surface area contributed by atoms with Gasteiger partial charge in [-0.05, 0) is 29.8 Å². The lowest BCUT2D eigenvalue weighted by atomic mass is 10.0. The average Bonchev–Trinajstić information content (AvgIpc) is 2.67. The first-order chi connectivity index (χ1) is 12.1. The first kappa shape index (κ1) is 17.8. The molecular weight excluding hydrogens is 335 g/mol. The molecule has 5 nitrogen and oxygen atoms in total. The van der Waals surface area contributed by atoms with Gasteiger partial charge in [-0.2, -0.15) is 5.26 Å². The topological polar surface area (TPSA) is 71.3 Å². The number of nitriles is 1. The molecule has 0 bridgehead atoms. The molecule has 0 spiro atoms. The van der Waals surface area contributed by atoms with E-state index >= 15 is 0 Å². The highest BCUT2D eigenvalue weighted by Gasteiger charge is 2.26. The Balaban J connectivity index is 1.53. The maximum Gasteiger partial charge on any atom is 0.229 e. The number of hydrogen-bond donors (Lipinski definition) is 1. The van der Waals surface area contributed by atoms with Crippen molar-refractivity contribution in [3.8, 4) is 6.07 Å². The van der Waals surface area contributed by atoms with Gasteiger partial charge in [-0.1, -0.05) is 30.3 Å². The molecule has 2 aromatic rings. The number of ether oxygens (including phenoxy) is 1. The van der Waals surface area contributed by atoms with E-state index in [1.807, 2.05) is 48.5 Å². The largest absolute Gasteiger partial charge is 0.372 e. The van der Waals surface area contributed by atoms with Crippen molar-refractivity contribution >= 4 is 12.7 Å². The van der Waals surface area contributed by atoms with Crippen molar-refractivity contribution in [1.82, 2.24) is 5.32 Å². The molecule has 1 aliphatic rings. The third kappa shape index (κ3) is 4.56. The summed E-state index contributed by atoms with van der Waals surface area (Å²) >= 11 is 0. The molecule has 25 heavy (non-hydrogen) atoms. The predicted molar refractivity (Wildman–Crippen MR) is 97.2 cm³/mol. The fourth-order valence-electron chi connectivity index (χ4n) is 2.77. The molecule has 0 saturated carbocycles. The van der Waals surface area contributed by atoms with Crippen molar-refractivity contribution in [3.05, 3.63) is 65.7 Å². The number of hydrogen-bond acceptors (Lipinski definition) is 5. The molecule has 130 valence electrons. The zero-order chi connectivity index (χ0) is 17.7. The molecule has 1 unspecified atom stereocenters. The number of rotatable bonds is 5. The maximum atomic E-state index is 12.7. The van der Waals surface area contributed by atoms with Crippen molar-refractivity contribution < 1.29 is 13.8 Å². The van der Waals surface area contributed by atoms with E-state index in [4.69, 9.17) is 14.5 Å². The van der Waals surface area contributed by atoms with Gasteiger partial charge in [-0.3, -0.25) is 4.57 Å². The normalized spacial score (nSPS) is 22.7. The van der Waals surface area contributed by atoms with Crippen LogP contribution in [0.5, 0.6) is 0 Å². The Bertz CT molecular complexity index is 796. The monoisotopic (exact) mass is 356 g/mol. The summed E-state index contributed by atoms with van der Waals surface area (Å²) in [5, 5.41) is 13.1. The van der Waals surface area contributed by atoms with Gasteiger partial charge in [0.15, 0.2) is 0 Å². The summed E-state index contributed by atoms with van der Waals surface area (Å²) in [5.41, 5.74) is 1.67. The van der Waals surface area contributed by atoms with Crippen LogP contribution in [0.2, 0.25) is 0 Å². The minimum Gasteiger partial charge on any atom is -0.372 e. The standard InChI is InChI=1S/C19H21N2O3P/c1-25(22,18-8-3-2-4-9-18)24-13-17-12-21-19(14-23-17)16-7-5-6-15(10-16)11-20/h2-10,17,19,21H,12-14H2,1H3/t17-,19-,25?/m1/s1. The van der Waals surface area contributed by atoms with Crippen LogP contribution in [0.15, 0.2) is 54.6 Å². The van der Waals surface area contributed by atoms with E-state index in [1.165, 1.54) is 0 Å². The second-order valence-electron chi connectivity index (χ2n) is 6.13. The highest BCUT2D eigenvalue weighted by molar-refractivity contribution is 7.66. The second-order valence-corrected chi connectivity index (χ2v) is 8.60. The molecule has 2 aromatic carbocycles. The van der Waals surface area contributed by atoms with E-state index in [1.54, 1.807) is 12.7 Å². The van der Waals surface area contributed by atoms with Gasteiger partial charge in [-0.25, -0.2) is 0 Å². The van der Waals surface area contributed by atoms with Gasteiger partial charge in [0.25, 0.3) is 0 Å². The molecule has 3 rings (SSSR count). The molecule has 3 atom stereocenters. The Morgan fingerprint density at radius 2 is 2.08 bits per heavy atom. The zero-order valence-electron chi connectivity index (χ0n) is 14.1. The minimum absolute atomic E-state index is 0.0482. The van der Waals surface area contributed by atoms with Crippen LogP contribution >= 0.6 is 7.37 Å². The number of morpholine rings is 1. The van der Waals surface area contributed by atoms with Crippen LogP contribution in [0.1, 0.15) is 17.2 Å². The van der Waals surface area contributed by atoms with Gasteiger partial charge < -0.3 is 14.6 Å². The number of benzene rings is 2. The molecule has 1 N–H and O–H groups in total. The quantitative estimate of drug-likeness (QED) is 0.834. The van der Waals surface area contributed by atoms with Crippen LogP contribution in [0, 0.1) is 11.3 Å². The van der Waals surface area contributed by atoms with Gasteiger partial charge >= 0.3 is 0 Å². The van der Waals surface area contributed by atoms with Crippen molar-refractivity contribution in [2.75, 3.05) is 26.4 Å². The van der Waals surface area contributed by atoms with Crippen molar-refractivity contribution in [2.24, 2.45) is 0 Å². The van der Waals surface area contributed by atoms with Gasteiger partial charge in [0, 0.05) is 18.5 Å². The van der Waals surface area contributed by atoms with Crippen LogP contribution < -0.4 is 10.6 Å². The van der Waals surface area contributed by atoms with Gasteiger partial charge in [0.05, 0.1) is 37.0 Å². The summed E-state index contributed by atoms with van der Waals surface area (Å²) in [6.45, 7) is 3.01. The third-order valence-corrected chi connectivity index (χ3v) is 6.12. The van der Waals surface area contributed by atoms with Crippen LogP contribution in [-0.2, 0) is 13.8 Å². The molecule has 1 saturated heterocycles. The van der Waals surface area contributed by atoms with E-state index in [9.17, 15) is 4.57 Å². The molecule has 0 radical (unpaired) electrons. The third-order valence-electron chi connectivity index (χ3n) is 4.24. The first-order valence-corrected chi connectivity index (χ1v) is 10.3. The highest BCUT2D eigenvalue weighted by Crippen LogP contribution is 2.41.